The summed E-state index contributed by atoms with van der Waals surface area (Å²) in [6.45, 7) is -0.617. The average molecular weight is 330 g/mol. The van der Waals surface area contributed by atoms with E-state index in [1.54, 1.807) is 0 Å². The molecule has 0 saturated carbocycles. The van der Waals surface area contributed by atoms with Crippen LogP contribution in [0.4, 0.5) is 17.6 Å². The van der Waals surface area contributed by atoms with Crippen molar-refractivity contribution in [3.63, 3.8) is 0 Å². The molecule has 1 unspecified atom stereocenters. The molecule has 0 radical (unpaired) electrons. The van der Waals surface area contributed by atoms with Crippen molar-refractivity contribution in [2.45, 2.75) is 18.8 Å². The minimum atomic E-state index is -4.66. The normalized spacial score (nSPS) is 14.0. The van der Waals surface area contributed by atoms with Gasteiger partial charge in [0.25, 0.3) is 0 Å². The lowest BCUT2D eigenvalue weighted by atomic mass is 10.2. The number of rotatable bonds is 4. The Balaban J connectivity index is 2.65. The third-order valence-corrected chi connectivity index (χ3v) is 2.80. The van der Waals surface area contributed by atoms with Gasteiger partial charge in [-0.2, -0.15) is 13.2 Å². The summed E-state index contributed by atoms with van der Waals surface area (Å²) in [4.78, 5) is 1.21. The van der Waals surface area contributed by atoms with E-state index in [-0.39, 0.29) is 12.1 Å². The molecule has 1 N–H and O–H groups in total. The summed E-state index contributed by atoms with van der Waals surface area (Å²) < 4.78 is 50.4. The fourth-order valence-corrected chi connectivity index (χ4v) is 1.83. The number of alkyl halides is 3. The zero-order valence-corrected chi connectivity index (χ0v) is 11.1. The first-order valence-corrected chi connectivity index (χ1v) is 5.86. The van der Waals surface area contributed by atoms with Crippen molar-refractivity contribution in [3.05, 3.63) is 34.1 Å². The smallest absolute Gasteiger partial charge is 0.382 e. The van der Waals surface area contributed by atoms with Crippen LogP contribution in [0.25, 0.3) is 0 Å². The Bertz CT molecular complexity index is 411. The number of halogens is 5. The van der Waals surface area contributed by atoms with Gasteiger partial charge in [-0.15, -0.1) is 0 Å². The molecule has 0 fully saturated rings. The van der Waals surface area contributed by atoms with Crippen molar-refractivity contribution >= 4 is 15.9 Å². The van der Waals surface area contributed by atoms with Crippen LogP contribution in [0.15, 0.2) is 22.7 Å². The van der Waals surface area contributed by atoms with E-state index in [2.05, 4.69) is 15.9 Å². The predicted molar refractivity (Wildman–Crippen MR) is 62.5 cm³/mol. The zero-order valence-electron chi connectivity index (χ0n) is 9.51. The Morgan fingerprint density at radius 2 is 2.00 bits per heavy atom. The molecule has 7 heteroatoms. The minimum absolute atomic E-state index is 0.0155. The highest BCUT2D eigenvalue weighted by atomic mass is 79.9. The van der Waals surface area contributed by atoms with Crippen molar-refractivity contribution in [1.29, 1.82) is 0 Å². The molecular weight excluding hydrogens is 318 g/mol. The van der Waals surface area contributed by atoms with E-state index in [0.717, 1.165) is 0 Å². The van der Waals surface area contributed by atoms with Crippen LogP contribution in [0, 0.1) is 5.82 Å². The molecule has 2 nitrogen and oxygen atoms in total. The topological polar surface area (TPSA) is 23.5 Å². The van der Waals surface area contributed by atoms with Gasteiger partial charge in [-0.3, -0.25) is 4.90 Å². The molecule has 0 aliphatic rings. The van der Waals surface area contributed by atoms with Crippen LogP contribution in [0.1, 0.15) is 5.56 Å². The Morgan fingerprint density at radius 1 is 1.39 bits per heavy atom. The highest BCUT2D eigenvalue weighted by molar-refractivity contribution is 9.10. The summed E-state index contributed by atoms with van der Waals surface area (Å²) in [5.41, 5.74) is 0.265. The first-order valence-electron chi connectivity index (χ1n) is 5.07. The molecule has 0 bridgehead atoms. The molecular formula is C11H12BrF4NO. The fraction of sp³-hybridized carbons (Fsp3) is 0.455. The molecule has 0 aromatic heterocycles. The first-order chi connectivity index (χ1) is 8.20. The number of aliphatic hydroxyl groups is 1. The second-order valence-electron chi connectivity index (χ2n) is 3.99. The molecule has 1 rings (SSSR count). The van der Waals surface area contributed by atoms with Gasteiger partial charge >= 0.3 is 6.18 Å². The third kappa shape index (κ3) is 4.55. The number of aliphatic hydroxyl groups excluding tert-OH is 1. The van der Waals surface area contributed by atoms with Gasteiger partial charge in [0.1, 0.15) is 5.82 Å². The summed E-state index contributed by atoms with van der Waals surface area (Å²) in [5, 5.41) is 8.89. The van der Waals surface area contributed by atoms with E-state index >= 15 is 0 Å². The second-order valence-corrected chi connectivity index (χ2v) is 4.91. The van der Waals surface area contributed by atoms with Gasteiger partial charge in [-0.05, 0) is 25.2 Å². The molecule has 0 spiro atoms. The molecule has 0 aliphatic carbocycles. The highest BCUT2D eigenvalue weighted by Gasteiger charge is 2.38. The molecule has 1 aromatic rings. The molecule has 18 heavy (non-hydrogen) atoms. The summed E-state index contributed by atoms with van der Waals surface area (Å²) in [6, 6.07) is 4.22. The van der Waals surface area contributed by atoms with Crippen molar-refractivity contribution in [2.24, 2.45) is 0 Å². The second kappa shape index (κ2) is 5.99. The molecule has 0 saturated heterocycles. The van der Waals surface area contributed by atoms with Gasteiger partial charge in [-0.25, -0.2) is 4.39 Å². The van der Waals surface area contributed by atoms with Crippen molar-refractivity contribution in [3.8, 4) is 0 Å². The lowest BCUT2D eigenvalue weighted by Crippen LogP contribution is -2.39. The van der Waals surface area contributed by atoms with Gasteiger partial charge in [0.05, 0.1) is 0 Å². The minimum Gasteiger partial charge on any atom is -0.382 e. The Kier molecular flexibility index (Phi) is 5.12. The molecule has 0 aliphatic heterocycles. The first kappa shape index (κ1) is 15.4. The fourth-order valence-electron chi connectivity index (χ4n) is 1.42. The quantitative estimate of drug-likeness (QED) is 0.858. The summed E-state index contributed by atoms with van der Waals surface area (Å²) >= 11 is 3.15. The maximum atomic E-state index is 13.4. The van der Waals surface area contributed by atoms with Gasteiger partial charge < -0.3 is 5.11 Å². The van der Waals surface area contributed by atoms with Crippen LogP contribution in [0.3, 0.4) is 0 Å². The van der Waals surface area contributed by atoms with Crippen molar-refractivity contribution in [2.75, 3.05) is 13.6 Å². The summed E-state index contributed by atoms with van der Waals surface area (Å²) in [5.74, 6) is -0.494. The molecule has 1 atom stereocenters. The van der Waals surface area contributed by atoms with Crippen LogP contribution in [0.2, 0.25) is 0 Å². The molecule has 0 heterocycles. The predicted octanol–water partition coefficient (Wildman–Crippen LogP) is 2.94. The Labute approximate surface area is 110 Å². The van der Waals surface area contributed by atoms with Crippen LogP contribution >= 0.6 is 15.9 Å². The Morgan fingerprint density at radius 3 is 2.56 bits per heavy atom. The molecule has 102 valence electrons. The lowest BCUT2D eigenvalue weighted by molar-refractivity contribution is -0.207. The van der Waals surface area contributed by atoms with Crippen LogP contribution in [0.5, 0.6) is 0 Å². The van der Waals surface area contributed by atoms with E-state index in [0.29, 0.717) is 4.47 Å². The largest absolute Gasteiger partial charge is 0.415 e. The van der Waals surface area contributed by atoms with Gasteiger partial charge in [-0.1, -0.05) is 15.9 Å². The number of nitrogens with zero attached hydrogens (tertiary/aromatic N) is 1. The lowest BCUT2D eigenvalue weighted by Gasteiger charge is -2.22. The summed E-state index contributed by atoms with van der Waals surface area (Å²) in [6.07, 6.45) is -7.10. The van der Waals surface area contributed by atoms with E-state index < -0.39 is 24.6 Å². The Hall–Kier alpha value is -0.660. The van der Waals surface area contributed by atoms with Gasteiger partial charge in [0.15, 0.2) is 6.10 Å². The average Bonchev–Trinajstić information content (AvgIpc) is 2.22. The summed E-state index contributed by atoms with van der Waals surface area (Å²) in [7, 11) is 1.38. The standard InChI is InChI=1S/C11H12BrF4NO/c1-17(6-10(18)11(14,15)16)5-7-4-8(12)2-3-9(7)13/h2-4,10,18H,5-6H2,1H3. The molecule has 1 aromatic carbocycles. The highest BCUT2D eigenvalue weighted by Crippen LogP contribution is 2.22. The van der Waals surface area contributed by atoms with E-state index in [4.69, 9.17) is 5.11 Å². The van der Waals surface area contributed by atoms with Crippen molar-refractivity contribution < 1.29 is 22.7 Å². The monoisotopic (exact) mass is 329 g/mol. The van der Waals surface area contributed by atoms with Gasteiger partial charge in [0, 0.05) is 23.1 Å². The van der Waals surface area contributed by atoms with Crippen molar-refractivity contribution in [1.82, 2.24) is 4.90 Å². The number of hydrogen-bond donors (Lipinski definition) is 1. The van der Waals surface area contributed by atoms with E-state index in [1.807, 2.05) is 0 Å². The SMILES string of the molecule is CN(Cc1cc(Br)ccc1F)CC(O)C(F)(F)F. The maximum Gasteiger partial charge on any atom is 0.415 e. The van der Waals surface area contributed by atoms with Gasteiger partial charge in [0.2, 0.25) is 0 Å². The number of benzene rings is 1. The zero-order chi connectivity index (χ0) is 13.9. The van der Waals surface area contributed by atoms with Crippen LogP contribution in [-0.4, -0.2) is 35.9 Å². The maximum absolute atomic E-state index is 13.4. The van der Waals surface area contributed by atoms with Crippen LogP contribution in [-0.2, 0) is 6.54 Å². The number of hydrogen-bond acceptors (Lipinski definition) is 2. The van der Waals surface area contributed by atoms with E-state index in [1.165, 1.54) is 30.1 Å². The van der Waals surface area contributed by atoms with E-state index in [9.17, 15) is 17.6 Å². The van der Waals surface area contributed by atoms with Crippen LogP contribution < -0.4 is 0 Å². The molecule has 0 amide bonds. The number of likely N-dealkylation sites (N-methyl/N-ethyl adjacent to an activating group) is 1. The third-order valence-electron chi connectivity index (χ3n) is 2.31.